The van der Waals surface area contributed by atoms with Crippen LogP contribution in [0.4, 0.5) is 0 Å². The number of furan rings is 1. The summed E-state index contributed by atoms with van der Waals surface area (Å²) < 4.78 is 7.93. The van der Waals surface area contributed by atoms with Gasteiger partial charge in [0.1, 0.15) is 17.3 Å². The second-order valence-electron chi connectivity index (χ2n) is 6.16. The lowest BCUT2D eigenvalue weighted by Crippen LogP contribution is -2.20. The SMILES string of the molecule is Cc1ccc(-c2[nH]ncc2CNCCn2c(C)nc3ccccc32)o1. The van der Waals surface area contributed by atoms with Gasteiger partial charge in [-0.2, -0.15) is 5.10 Å². The monoisotopic (exact) mass is 335 g/mol. The number of imidazole rings is 1. The Bertz CT molecular complexity index is 994. The van der Waals surface area contributed by atoms with Crippen molar-refractivity contribution in [2.75, 3.05) is 6.54 Å². The molecule has 0 saturated carbocycles. The van der Waals surface area contributed by atoms with Crippen molar-refractivity contribution in [1.29, 1.82) is 0 Å². The molecular formula is C19H21N5O. The normalized spacial score (nSPS) is 11.4. The van der Waals surface area contributed by atoms with E-state index in [1.165, 1.54) is 5.52 Å². The minimum absolute atomic E-state index is 0.733. The van der Waals surface area contributed by atoms with Crippen molar-refractivity contribution in [3.63, 3.8) is 0 Å². The largest absolute Gasteiger partial charge is 0.460 e. The predicted octanol–water partition coefficient (Wildman–Crippen LogP) is 3.43. The molecule has 6 heteroatoms. The summed E-state index contributed by atoms with van der Waals surface area (Å²) in [5, 5.41) is 10.7. The molecule has 25 heavy (non-hydrogen) atoms. The maximum Gasteiger partial charge on any atom is 0.152 e. The van der Waals surface area contributed by atoms with Crippen molar-refractivity contribution >= 4 is 11.0 Å². The highest BCUT2D eigenvalue weighted by molar-refractivity contribution is 5.75. The minimum atomic E-state index is 0.733. The van der Waals surface area contributed by atoms with Gasteiger partial charge in [-0.25, -0.2) is 4.98 Å². The third-order valence-corrected chi connectivity index (χ3v) is 4.38. The van der Waals surface area contributed by atoms with Crippen LogP contribution in [0.3, 0.4) is 0 Å². The summed E-state index contributed by atoms with van der Waals surface area (Å²) in [5.74, 6) is 2.76. The zero-order valence-corrected chi connectivity index (χ0v) is 14.4. The molecule has 0 radical (unpaired) electrons. The summed E-state index contributed by atoms with van der Waals surface area (Å²) in [7, 11) is 0. The second-order valence-corrected chi connectivity index (χ2v) is 6.16. The first-order valence-electron chi connectivity index (χ1n) is 8.44. The summed E-state index contributed by atoms with van der Waals surface area (Å²) in [6, 6.07) is 12.2. The van der Waals surface area contributed by atoms with E-state index in [-0.39, 0.29) is 0 Å². The van der Waals surface area contributed by atoms with Gasteiger partial charge in [-0.1, -0.05) is 12.1 Å². The summed E-state index contributed by atoms with van der Waals surface area (Å²) in [5.41, 5.74) is 4.26. The van der Waals surface area contributed by atoms with Crippen molar-refractivity contribution in [1.82, 2.24) is 25.1 Å². The number of nitrogens with zero attached hydrogens (tertiary/aromatic N) is 3. The number of fused-ring (bicyclic) bond motifs is 1. The van der Waals surface area contributed by atoms with Gasteiger partial charge < -0.3 is 14.3 Å². The first-order chi connectivity index (χ1) is 12.2. The topological polar surface area (TPSA) is 71.7 Å². The van der Waals surface area contributed by atoms with Gasteiger partial charge in [-0.05, 0) is 38.1 Å². The number of hydrogen-bond acceptors (Lipinski definition) is 4. The molecule has 0 spiro atoms. The number of hydrogen-bond donors (Lipinski definition) is 2. The number of nitrogens with one attached hydrogen (secondary N) is 2. The fourth-order valence-electron chi connectivity index (χ4n) is 3.12. The number of aryl methyl sites for hydroxylation is 2. The fraction of sp³-hybridized carbons (Fsp3) is 0.263. The van der Waals surface area contributed by atoms with E-state index in [1.54, 1.807) is 0 Å². The number of benzene rings is 1. The number of para-hydroxylation sites is 2. The molecule has 4 rings (SSSR count). The first-order valence-corrected chi connectivity index (χ1v) is 8.44. The van der Waals surface area contributed by atoms with Crippen LogP contribution in [0.2, 0.25) is 0 Å². The van der Waals surface area contributed by atoms with Gasteiger partial charge in [0, 0.05) is 25.2 Å². The van der Waals surface area contributed by atoms with Crippen LogP contribution in [-0.4, -0.2) is 26.3 Å². The van der Waals surface area contributed by atoms with Crippen LogP contribution in [0.5, 0.6) is 0 Å². The van der Waals surface area contributed by atoms with Crippen molar-refractivity contribution in [3.8, 4) is 11.5 Å². The average molecular weight is 335 g/mol. The molecule has 3 aromatic heterocycles. The average Bonchev–Trinajstić information content (AvgIpc) is 3.30. The van der Waals surface area contributed by atoms with Crippen molar-refractivity contribution in [2.24, 2.45) is 0 Å². The number of rotatable bonds is 6. The number of aromatic nitrogens is 4. The molecule has 0 atom stereocenters. The number of H-pyrrole nitrogens is 1. The zero-order valence-electron chi connectivity index (χ0n) is 14.4. The van der Waals surface area contributed by atoms with E-state index in [9.17, 15) is 0 Å². The van der Waals surface area contributed by atoms with Gasteiger partial charge >= 0.3 is 0 Å². The Morgan fingerprint density at radius 2 is 2.04 bits per heavy atom. The van der Waals surface area contributed by atoms with Crippen LogP contribution < -0.4 is 5.32 Å². The van der Waals surface area contributed by atoms with E-state index in [0.717, 1.165) is 53.8 Å². The molecular weight excluding hydrogens is 314 g/mol. The highest BCUT2D eigenvalue weighted by Gasteiger charge is 2.11. The molecule has 0 fully saturated rings. The lowest BCUT2D eigenvalue weighted by molar-refractivity contribution is 0.544. The van der Waals surface area contributed by atoms with Gasteiger partial charge in [0.05, 0.1) is 17.2 Å². The standard InChI is InChI=1S/C19H21N5O/c1-13-7-8-18(25-13)19-15(12-21-23-19)11-20-9-10-24-14(2)22-16-5-3-4-6-17(16)24/h3-8,12,20H,9-11H2,1-2H3,(H,21,23). The smallest absolute Gasteiger partial charge is 0.152 e. The highest BCUT2D eigenvalue weighted by Crippen LogP contribution is 2.23. The molecule has 3 heterocycles. The first kappa shape index (κ1) is 15.7. The molecule has 128 valence electrons. The molecule has 0 aliphatic heterocycles. The van der Waals surface area contributed by atoms with Gasteiger partial charge in [0.2, 0.25) is 0 Å². The summed E-state index contributed by atoms with van der Waals surface area (Å²) in [6.45, 7) is 6.45. The minimum Gasteiger partial charge on any atom is -0.460 e. The quantitative estimate of drug-likeness (QED) is 0.530. The van der Waals surface area contributed by atoms with Crippen LogP contribution >= 0.6 is 0 Å². The van der Waals surface area contributed by atoms with Gasteiger partial charge in [0.25, 0.3) is 0 Å². The molecule has 4 aromatic rings. The molecule has 0 saturated heterocycles. The molecule has 2 N–H and O–H groups in total. The lowest BCUT2D eigenvalue weighted by Gasteiger charge is -2.08. The Hall–Kier alpha value is -2.86. The highest BCUT2D eigenvalue weighted by atomic mass is 16.3. The van der Waals surface area contributed by atoms with Crippen molar-refractivity contribution in [2.45, 2.75) is 26.9 Å². The van der Waals surface area contributed by atoms with Crippen molar-refractivity contribution in [3.05, 3.63) is 59.7 Å². The zero-order chi connectivity index (χ0) is 17.2. The summed E-state index contributed by atoms with van der Waals surface area (Å²) in [4.78, 5) is 4.61. The molecule has 1 aromatic carbocycles. The summed E-state index contributed by atoms with van der Waals surface area (Å²) >= 11 is 0. The van der Waals surface area contributed by atoms with E-state index in [0.29, 0.717) is 0 Å². The van der Waals surface area contributed by atoms with Crippen LogP contribution in [-0.2, 0) is 13.1 Å². The third kappa shape index (κ3) is 3.08. The maximum absolute atomic E-state index is 5.69. The van der Waals surface area contributed by atoms with E-state index in [1.807, 2.05) is 38.2 Å². The maximum atomic E-state index is 5.69. The van der Waals surface area contributed by atoms with Crippen LogP contribution in [0, 0.1) is 13.8 Å². The number of aromatic amines is 1. The van der Waals surface area contributed by atoms with E-state index in [4.69, 9.17) is 4.42 Å². The fourth-order valence-corrected chi connectivity index (χ4v) is 3.12. The molecule has 0 unspecified atom stereocenters. The molecule has 0 bridgehead atoms. The Kier molecular flexibility index (Phi) is 4.11. The van der Waals surface area contributed by atoms with Crippen LogP contribution in [0.1, 0.15) is 17.1 Å². The Balaban J connectivity index is 1.40. The second kappa shape index (κ2) is 6.57. The van der Waals surface area contributed by atoms with Gasteiger partial charge in [-0.15, -0.1) is 0 Å². The molecule has 0 amide bonds. The molecule has 6 nitrogen and oxygen atoms in total. The third-order valence-electron chi connectivity index (χ3n) is 4.38. The molecule has 0 aliphatic carbocycles. The summed E-state index contributed by atoms with van der Waals surface area (Å²) in [6.07, 6.45) is 1.85. The van der Waals surface area contributed by atoms with Gasteiger partial charge in [0.15, 0.2) is 5.76 Å². The molecule has 0 aliphatic rings. The van der Waals surface area contributed by atoms with Crippen LogP contribution in [0.15, 0.2) is 47.0 Å². The predicted molar refractivity (Wildman–Crippen MR) is 97.2 cm³/mol. The lowest BCUT2D eigenvalue weighted by atomic mass is 10.2. The Morgan fingerprint density at radius 3 is 2.88 bits per heavy atom. The van der Waals surface area contributed by atoms with E-state index < -0.39 is 0 Å². The van der Waals surface area contributed by atoms with E-state index in [2.05, 4.69) is 43.3 Å². The van der Waals surface area contributed by atoms with E-state index >= 15 is 0 Å². The van der Waals surface area contributed by atoms with Gasteiger partial charge in [-0.3, -0.25) is 5.10 Å². The van der Waals surface area contributed by atoms with Crippen LogP contribution in [0.25, 0.3) is 22.5 Å². The Morgan fingerprint density at radius 1 is 1.16 bits per heavy atom. The Labute approximate surface area is 145 Å². The van der Waals surface area contributed by atoms with Crippen molar-refractivity contribution < 1.29 is 4.42 Å².